The molecule has 0 N–H and O–H groups in total. The molecule has 0 aliphatic carbocycles. The normalized spacial score (nSPS) is 25.0. The van der Waals surface area contributed by atoms with Crippen LogP contribution in [0.1, 0.15) is 27.2 Å². The van der Waals surface area contributed by atoms with Crippen molar-refractivity contribution in [3.8, 4) is 0 Å². The third kappa shape index (κ3) is 2.51. The zero-order valence-corrected chi connectivity index (χ0v) is 10.8. The molecule has 15 heavy (non-hydrogen) atoms. The van der Waals surface area contributed by atoms with Crippen LogP contribution in [0.2, 0.25) is 0 Å². The maximum Gasteiger partial charge on any atom is 0.354 e. The molecule has 4 nitrogen and oxygen atoms in total. The second kappa shape index (κ2) is 4.96. The van der Waals surface area contributed by atoms with Crippen molar-refractivity contribution >= 4 is 27.6 Å². The zero-order chi connectivity index (χ0) is 11.5. The van der Waals surface area contributed by atoms with Crippen molar-refractivity contribution in [3.63, 3.8) is 0 Å². The number of esters is 1. The van der Waals surface area contributed by atoms with Crippen LogP contribution in [-0.4, -0.2) is 29.2 Å². The van der Waals surface area contributed by atoms with Gasteiger partial charge in [-0.1, -0.05) is 34.9 Å². The SMILES string of the molecule is CCOC(=O)C1(CBr)CC(C(C)C)=NO1. The molecule has 0 aromatic heterocycles. The Morgan fingerprint density at radius 1 is 1.73 bits per heavy atom. The molecular weight excluding hydrogens is 262 g/mol. The number of carbonyl (C=O) groups is 1. The third-order valence-corrected chi connectivity index (χ3v) is 3.24. The van der Waals surface area contributed by atoms with Gasteiger partial charge in [0.2, 0.25) is 5.60 Å². The molecule has 86 valence electrons. The van der Waals surface area contributed by atoms with Gasteiger partial charge in [-0.05, 0) is 12.8 Å². The lowest BCUT2D eigenvalue weighted by atomic mass is 9.94. The molecule has 0 aromatic carbocycles. The molecule has 1 heterocycles. The molecule has 1 aliphatic heterocycles. The fraction of sp³-hybridized carbons (Fsp3) is 0.800. The largest absolute Gasteiger partial charge is 0.463 e. The zero-order valence-electron chi connectivity index (χ0n) is 9.25. The van der Waals surface area contributed by atoms with E-state index in [1.807, 2.05) is 13.8 Å². The van der Waals surface area contributed by atoms with Crippen LogP contribution in [0.15, 0.2) is 5.16 Å². The van der Waals surface area contributed by atoms with Crippen LogP contribution in [0.4, 0.5) is 0 Å². The minimum Gasteiger partial charge on any atom is -0.463 e. The molecule has 5 heteroatoms. The number of carbonyl (C=O) groups excluding carboxylic acids is 1. The maximum atomic E-state index is 11.7. The van der Waals surface area contributed by atoms with Crippen LogP contribution in [0.3, 0.4) is 0 Å². The smallest absolute Gasteiger partial charge is 0.354 e. The van der Waals surface area contributed by atoms with Crippen molar-refractivity contribution in [3.05, 3.63) is 0 Å². The molecule has 1 rings (SSSR count). The molecule has 1 aliphatic rings. The minimum absolute atomic E-state index is 0.292. The molecule has 0 saturated heterocycles. The number of oxime groups is 1. The molecule has 0 aromatic rings. The van der Waals surface area contributed by atoms with Crippen LogP contribution >= 0.6 is 15.9 Å². The Bertz CT molecular complexity index is 278. The number of nitrogens with zero attached hydrogens (tertiary/aromatic N) is 1. The summed E-state index contributed by atoms with van der Waals surface area (Å²) in [6, 6.07) is 0. The van der Waals surface area contributed by atoms with Crippen molar-refractivity contribution in [1.29, 1.82) is 0 Å². The molecule has 0 fully saturated rings. The molecule has 0 radical (unpaired) electrons. The topological polar surface area (TPSA) is 47.9 Å². The molecule has 1 atom stereocenters. The Balaban J connectivity index is 2.72. The highest BCUT2D eigenvalue weighted by Crippen LogP contribution is 2.30. The number of hydrogen-bond acceptors (Lipinski definition) is 4. The monoisotopic (exact) mass is 277 g/mol. The Hall–Kier alpha value is -0.580. The summed E-state index contributed by atoms with van der Waals surface area (Å²) in [5, 5.41) is 4.35. The van der Waals surface area contributed by atoms with E-state index in [9.17, 15) is 4.79 Å². The Labute approximate surface area is 98.1 Å². The van der Waals surface area contributed by atoms with Gasteiger partial charge < -0.3 is 9.57 Å². The molecule has 0 saturated carbocycles. The predicted molar refractivity (Wildman–Crippen MR) is 61.1 cm³/mol. The average Bonchev–Trinajstić information content (AvgIpc) is 2.63. The van der Waals surface area contributed by atoms with Crippen molar-refractivity contribution in [2.75, 3.05) is 11.9 Å². The average molecular weight is 278 g/mol. The van der Waals surface area contributed by atoms with Gasteiger partial charge in [0, 0.05) is 6.42 Å². The van der Waals surface area contributed by atoms with Crippen molar-refractivity contribution < 1.29 is 14.4 Å². The summed E-state index contributed by atoms with van der Waals surface area (Å²) in [5.74, 6) is -0.0540. The van der Waals surface area contributed by atoms with Gasteiger partial charge in [-0.25, -0.2) is 4.79 Å². The first kappa shape index (κ1) is 12.5. The molecular formula is C10H16BrNO3. The first-order valence-corrected chi connectivity index (χ1v) is 6.16. The molecule has 0 spiro atoms. The van der Waals surface area contributed by atoms with Gasteiger partial charge in [0.15, 0.2) is 0 Å². The number of hydrogen-bond donors (Lipinski definition) is 0. The van der Waals surface area contributed by atoms with E-state index < -0.39 is 5.60 Å². The molecule has 0 amide bonds. The summed E-state index contributed by atoms with van der Waals surface area (Å²) in [4.78, 5) is 17.0. The Kier molecular flexibility index (Phi) is 4.13. The van der Waals surface area contributed by atoms with E-state index in [2.05, 4.69) is 21.1 Å². The fourth-order valence-corrected chi connectivity index (χ4v) is 1.84. The molecule has 0 bridgehead atoms. The number of ether oxygens (including phenoxy) is 1. The Morgan fingerprint density at radius 3 is 2.80 bits per heavy atom. The van der Waals surface area contributed by atoms with Gasteiger partial charge in [0.1, 0.15) is 0 Å². The van der Waals surface area contributed by atoms with Gasteiger partial charge in [-0.15, -0.1) is 0 Å². The fourth-order valence-electron chi connectivity index (χ4n) is 1.31. The Morgan fingerprint density at radius 2 is 2.40 bits per heavy atom. The highest BCUT2D eigenvalue weighted by Gasteiger charge is 2.47. The van der Waals surface area contributed by atoms with E-state index in [1.54, 1.807) is 6.92 Å². The second-order valence-electron chi connectivity index (χ2n) is 3.85. The summed E-state index contributed by atoms with van der Waals surface area (Å²) in [7, 11) is 0. The predicted octanol–water partition coefficient (Wildman–Crippen LogP) is 2.12. The standard InChI is InChI=1S/C10H16BrNO3/c1-4-14-9(13)10(6-11)5-8(7(2)3)12-15-10/h7H,4-6H2,1-3H3. The van der Waals surface area contributed by atoms with Crippen LogP contribution in [0.25, 0.3) is 0 Å². The van der Waals surface area contributed by atoms with Gasteiger partial charge in [0.05, 0.1) is 17.6 Å². The van der Waals surface area contributed by atoms with E-state index in [1.165, 1.54) is 0 Å². The van der Waals surface area contributed by atoms with Gasteiger partial charge >= 0.3 is 5.97 Å². The van der Waals surface area contributed by atoms with E-state index in [-0.39, 0.29) is 5.97 Å². The summed E-state index contributed by atoms with van der Waals surface area (Å²) < 4.78 is 4.98. The molecule has 1 unspecified atom stereocenters. The summed E-state index contributed by atoms with van der Waals surface area (Å²) in [6.07, 6.45) is 0.509. The van der Waals surface area contributed by atoms with Crippen LogP contribution in [0, 0.1) is 5.92 Å². The summed E-state index contributed by atoms with van der Waals surface area (Å²) >= 11 is 3.28. The summed E-state index contributed by atoms with van der Waals surface area (Å²) in [5.41, 5.74) is -0.0437. The van der Waals surface area contributed by atoms with E-state index in [4.69, 9.17) is 9.57 Å². The lowest BCUT2D eigenvalue weighted by Gasteiger charge is -2.21. The van der Waals surface area contributed by atoms with Crippen molar-refractivity contribution in [1.82, 2.24) is 0 Å². The van der Waals surface area contributed by atoms with Gasteiger partial charge in [-0.2, -0.15) is 0 Å². The van der Waals surface area contributed by atoms with Crippen LogP contribution in [0.5, 0.6) is 0 Å². The quantitative estimate of drug-likeness (QED) is 0.584. The lowest BCUT2D eigenvalue weighted by Crippen LogP contribution is -2.42. The highest BCUT2D eigenvalue weighted by molar-refractivity contribution is 9.09. The number of alkyl halides is 1. The lowest BCUT2D eigenvalue weighted by molar-refractivity contribution is -0.165. The van der Waals surface area contributed by atoms with E-state index in [0.29, 0.717) is 24.3 Å². The highest BCUT2D eigenvalue weighted by atomic mass is 79.9. The van der Waals surface area contributed by atoms with Gasteiger partial charge in [0.25, 0.3) is 0 Å². The van der Waals surface area contributed by atoms with Crippen molar-refractivity contribution in [2.24, 2.45) is 11.1 Å². The maximum absolute atomic E-state index is 11.7. The number of rotatable bonds is 4. The van der Waals surface area contributed by atoms with Crippen molar-refractivity contribution in [2.45, 2.75) is 32.8 Å². The second-order valence-corrected chi connectivity index (χ2v) is 4.41. The third-order valence-electron chi connectivity index (χ3n) is 2.33. The minimum atomic E-state index is -0.949. The van der Waals surface area contributed by atoms with E-state index >= 15 is 0 Å². The van der Waals surface area contributed by atoms with Gasteiger partial charge in [-0.3, -0.25) is 0 Å². The van der Waals surface area contributed by atoms with E-state index in [0.717, 1.165) is 5.71 Å². The first-order valence-electron chi connectivity index (χ1n) is 5.04. The van der Waals surface area contributed by atoms with Crippen LogP contribution < -0.4 is 0 Å². The van der Waals surface area contributed by atoms with Crippen LogP contribution in [-0.2, 0) is 14.4 Å². The summed E-state index contributed by atoms with van der Waals surface area (Å²) in [6.45, 7) is 6.18. The first-order chi connectivity index (χ1) is 7.05. The number of halogens is 1.